The summed E-state index contributed by atoms with van der Waals surface area (Å²) in [6.45, 7) is 1.56. The van der Waals surface area contributed by atoms with Crippen LogP contribution in [0, 0.1) is 0 Å². The van der Waals surface area contributed by atoms with Crippen LogP contribution in [-0.4, -0.2) is 36.0 Å². The van der Waals surface area contributed by atoms with E-state index in [1.807, 2.05) is 47.6 Å². The summed E-state index contributed by atoms with van der Waals surface area (Å²) in [6.07, 6.45) is 4.61. The van der Waals surface area contributed by atoms with Gasteiger partial charge in [0, 0.05) is 37.0 Å². The van der Waals surface area contributed by atoms with Gasteiger partial charge in [-0.05, 0) is 42.3 Å². The summed E-state index contributed by atoms with van der Waals surface area (Å²) < 4.78 is 5.18. The van der Waals surface area contributed by atoms with Crippen LogP contribution in [0.1, 0.15) is 28.3 Å². The van der Waals surface area contributed by atoms with Gasteiger partial charge in [0.15, 0.2) is 0 Å². The van der Waals surface area contributed by atoms with Gasteiger partial charge in [-0.3, -0.25) is 9.78 Å². The van der Waals surface area contributed by atoms with Crippen molar-refractivity contribution in [2.24, 2.45) is 0 Å². The average molecular weight is 282 g/mol. The fraction of sp³-hybridized carbons (Fsp3) is 0.294. The van der Waals surface area contributed by atoms with Crippen LogP contribution in [0.5, 0.6) is 5.75 Å². The van der Waals surface area contributed by atoms with Crippen molar-refractivity contribution in [1.82, 2.24) is 9.88 Å². The Morgan fingerprint density at radius 3 is 2.86 bits per heavy atom. The molecule has 0 bridgehead atoms. The van der Waals surface area contributed by atoms with Crippen LogP contribution in [0.3, 0.4) is 0 Å². The first-order valence-electron chi connectivity index (χ1n) is 7.11. The Labute approximate surface area is 124 Å². The molecule has 4 heteroatoms. The molecule has 3 rings (SSSR count). The maximum Gasteiger partial charge on any atom is 0.254 e. The largest absolute Gasteiger partial charge is 0.497 e. The Bertz CT molecular complexity index is 628. The highest BCUT2D eigenvalue weighted by Crippen LogP contribution is 2.28. The Balaban J connectivity index is 1.72. The third-order valence-corrected chi connectivity index (χ3v) is 3.97. The van der Waals surface area contributed by atoms with Crippen molar-refractivity contribution in [2.45, 2.75) is 12.3 Å². The van der Waals surface area contributed by atoms with Gasteiger partial charge in [0.2, 0.25) is 0 Å². The van der Waals surface area contributed by atoms with E-state index in [0.717, 1.165) is 19.5 Å². The molecule has 108 valence electrons. The molecule has 0 spiro atoms. The zero-order valence-corrected chi connectivity index (χ0v) is 12.0. The fourth-order valence-electron chi connectivity index (χ4n) is 2.79. The molecule has 0 aliphatic carbocycles. The number of hydrogen-bond acceptors (Lipinski definition) is 3. The van der Waals surface area contributed by atoms with E-state index in [4.69, 9.17) is 4.74 Å². The molecule has 0 N–H and O–H groups in total. The number of amides is 1. The Kier molecular flexibility index (Phi) is 3.86. The summed E-state index contributed by atoms with van der Waals surface area (Å²) in [4.78, 5) is 18.5. The molecule has 1 aliphatic rings. The van der Waals surface area contributed by atoms with Crippen LogP contribution < -0.4 is 4.74 Å². The zero-order chi connectivity index (χ0) is 14.7. The molecule has 1 fully saturated rings. The lowest BCUT2D eigenvalue weighted by Gasteiger charge is -2.17. The minimum absolute atomic E-state index is 0.0745. The standard InChI is InChI=1S/C17H18N2O2/c1-21-16-4-2-3-14(11-16)17(20)19-10-7-15(12-19)13-5-8-18-9-6-13/h2-6,8-9,11,15H,7,10,12H2,1H3. The number of methoxy groups -OCH3 is 1. The number of pyridine rings is 1. The number of likely N-dealkylation sites (tertiary alicyclic amines) is 1. The van der Waals surface area contributed by atoms with Crippen molar-refractivity contribution >= 4 is 5.91 Å². The summed E-state index contributed by atoms with van der Waals surface area (Å²) in [6, 6.07) is 11.4. The van der Waals surface area contributed by atoms with Crippen molar-refractivity contribution in [1.29, 1.82) is 0 Å². The van der Waals surface area contributed by atoms with Gasteiger partial charge in [-0.15, -0.1) is 0 Å². The maximum absolute atomic E-state index is 12.5. The van der Waals surface area contributed by atoms with Gasteiger partial charge in [-0.1, -0.05) is 6.07 Å². The summed E-state index contributed by atoms with van der Waals surface area (Å²) in [7, 11) is 1.61. The van der Waals surface area contributed by atoms with E-state index in [0.29, 0.717) is 17.2 Å². The van der Waals surface area contributed by atoms with Crippen LogP contribution >= 0.6 is 0 Å². The third-order valence-electron chi connectivity index (χ3n) is 3.97. The monoisotopic (exact) mass is 282 g/mol. The molecule has 0 saturated carbocycles. The van der Waals surface area contributed by atoms with Crippen LogP contribution in [0.4, 0.5) is 0 Å². The van der Waals surface area contributed by atoms with Crippen molar-refractivity contribution in [2.75, 3.05) is 20.2 Å². The average Bonchev–Trinajstić information content (AvgIpc) is 3.05. The predicted octanol–water partition coefficient (Wildman–Crippen LogP) is 2.72. The van der Waals surface area contributed by atoms with E-state index < -0.39 is 0 Å². The normalized spacial score (nSPS) is 17.8. The SMILES string of the molecule is COc1cccc(C(=O)N2CCC(c3ccncc3)C2)c1. The Morgan fingerprint density at radius 2 is 2.10 bits per heavy atom. The van der Waals surface area contributed by atoms with Crippen LogP contribution in [-0.2, 0) is 0 Å². The fourth-order valence-corrected chi connectivity index (χ4v) is 2.79. The van der Waals surface area contributed by atoms with Crippen molar-refractivity contribution in [3.63, 3.8) is 0 Å². The Hall–Kier alpha value is -2.36. The third kappa shape index (κ3) is 2.89. The van der Waals surface area contributed by atoms with Gasteiger partial charge in [0.05, 0.1) is 7.11 Å². The van der Waals surface area contributed by atoms with Crippen molar-refractivity contribution < 1.29 is 9.53 Å². The molecular weight excluding hydrogens is 264 g/mol. The molecule has 2 heterocycles. The first-order chi connectivity index (χ1) is 10.3. The second kappa shape index (κ2) is 5.95. The molecule has 2 aromatic rings. The van der Waals surface area contributed by atoms with Gasteiger partial charge >= 0.3 is 0 Å². The maximum atomic E-state index is 12.5. The number of carbonyl (C=O) groups is 1. The van der Waals surface area contributed by atoms with Gasteiger partial charge in [0.1, 0.15) is 5.75 Å². The molecule has 1 atom stereocenters. The minimum Gasteiger partial charge on any atom is -0.497 e. The number of hydrogen-bond donors (Lipinski definition) is 0. The van der Waals surface area contributed by atoms with Gasteiger partial charge < -0.3 is 9.64 Å². The first-order valence-corrected chi connectivity index (χ1v) is 7.11. The number of aromatic nitrogens is 1. The topological polar surface area (TPSA) is 42.4 Å². The lowest BCUT2D eigenvalue weighted by atomic mass is 10.00. The highest BCUT2D eigenvalue weighted by atomic mass is 16.5. The van der Waals surface area contributed by atoms with E-state index in [1.165, 1.54) is 5.56 Å². The molecule has 1 amide bonds. The van der Waals surface area contributed by atoms with Crippen LogP contribution in [0.2, 0.25) is 0 Å². The second-order valence-electron chi connectivity index (χ2n) is 5.25. The highest BCUT2D eigenvalue weighted by molar-refractivity contribution is 5.94. The van der Waals surface area contributed by atoms with Crippen molar-refractivity contribution in [3.05, 3.63) is 59.9 Å². The van der Waals surface area contributed by atoms with E-state index in [1.54, 1.807) is 13.2 Å². The van der Waals surface area contributed by atoms with Gasteiger partial charge in [-0.25, -0.2) is 0 Å². The second-order valence-corrected chi connectivity index (χ2v) is 5.25. The molecule has 1 aliphatic heterocycles. The zero-order valence-electron chi connectivity index (χ0n) is 12.0. The van der Waals surface area contributed by atoms with Gasteiger partial charge in [-0.2, -0.15) is 0 Å². The lowest BCUT2D eigenvalue weighted by Crippen LogP contribution is -2.28. The minimum atomic E-state index is 0.0745. The number of benzene rings is 1. The quantitative estimate of drug-likeness (QED) is 0.869. The van der Waals surface area contributed by atoms with Crippen LogP contribution in [0.15, 0.2) is 48.8 Å². The first kappa shape index (κ1) is 13.6. The number of nitrogens with zero attached hydrogens (tertiary/aromatic N) is 2. The summed E-state index contributed by atoms with van der Waals surface area (Å²) in [5.74, 6) is 1.19. The van der Waals surface area contributed by atoms with E-state index in [-0.39, 0.29) is 5.91 Å². The van der Waals surface area contributed by atoms with E-state index in [9.17, 15) is 4.79 Å². The van der Waals surface area contributed by atoms with Gasteiger partial charge in [0.25, 0.3) is 5.91 Å². The number of carbonyl (C=O) groups excluding carboxylic acids is 1. The molecule has 1 aromatic carbocycles. The lowest BCUT2D eigenvalue weighted by molar-refractivity contribution is 0.0790. The Morgan fingerprint density at radius 1 is 1.29 bits per heavy atom. The summed E-state index contributed by atoms with van der Waals surface area (Å²) in [5.41, 5.74) is 1.94. The smallest absolute Gasteiger partial charge is 0.254 e. The summed E-state index contributed by atoms with van der Waals surface area (Å²) in [5, 5.41) is 0. The molecule has 21 heavy (non-hydrogen) atoms. The predicted molar refractivity (Wildman–Crippen MR) is 80.5 cm³/mol. The number of ether oxygens (including phenoxy) is 1. The molecule has 1 saturated heterocycles. The molecular formula is C17H18N2O2. The van der Waals surface area contributed by atoms with E-state index >= 15 is 0 Å². The van der Waals surface area contributed by atoms with Crippen LogP contribution in [0.25, 0.3) is 0 Å². The molecule has 1 aromatic heterocycles. The van der Waals surface area contributed by atoms with Crippen molar-refractivity contribution in [3.8, 4) is 5.75 Å². The highest BCUT2D eigenvalue weighted by Gasteiger charge is 2.27. The molecule has 1 unspecified atom stereocenters. The van der Waals surface area contributed by atoms with E-state index in [2.05, 4.69) is 4.98 Å². The molecule has 4 nitrogen and oxygen atoms in total. The summed E-state index contributed by atoms with van der Waals surface area (Å²) >= 11 is 0. The number of rotatable bonds is 3. The molecule has 0 radical (unpaired) electrons.